The molecule has 0 radical (unpaired) electrons. The maximum absolute atomic E-state index is 12.5. The van der Waals surface area contributed by atoms with Crippen molar-refractivity contribution >= 4 is 40.0 Å². The van der Waals surface area contributed by atoms with Crippen molar-refractivity contribution in [3.8, 4) is 0 Å². The van der Waals surface area contributed by atoms with Crippen molar-refractivity contribution in [2.75, 3.05) is 18.2 Å². The van der Waals surface area contributed by atoms with Gasteiger partial charge in [-0.2, -0.15) is 0 Å². The summed E-state index contributed by atoms with van der Waals surface area (Å²) in [4.78, 5) is 25.5. The Morgan fingerprint density at radius 2 is 2.03 bits per heavy atom. The minimum absolute atomic E-state index is 0.172. The third kappa shape index (κ3) is 5.63. The van der Waals surface area contributed by atoms with Crippen molar-refractivity contribution in [1.29, 1.82) is 0 Å². The molecule has 7 nitrogen and oxygen atoms in total. The van der Waals surface area contributed by atoms with E-state index < -0.39 is 5.97 Å². The molecule has 2 heterocycles. The van der Waals surface area contributed by atoms with Gasteiger partial charge in [-0.15, -0.1) is 21.5 Å². The Labute approximate surface area is 186 Å². The van der Waals surface area contributed by atoms with Gasteiger partial charge < -0.3 is 14.6 Å². The molecule has 0 aliphatic heterocycles. The lowest BCUT2D eigenvalue weighted by atomic mass is 9.87. The summed E-state index contributed by atoms with van der Waals surface area (Å²) < 4.78 is 6.95. The maximum Gasteiger partial charge on any atom is 0.340 e. The second kappa shape index (κ2) is 10.9. The molecule has 0 bridgehead atoms. The number of hydrogen-bond donors (Lipinski definition) is 1. The number of nitrogens with zero attached hydrogens (tertiary/aromatic N) is 3. The molecule has 9 heteroatoms. The number of ether oxygens (including phenoxy) is 1. The number of carbonyl (C=O) groups is 2. The molecule has 164 valence electrons. The quantitative estimate of drug-likeness (QED) is 0.445. The minimum Gasteiger partial charge on any atom is -0.465 e. The summed E-state index contributed by atoms with van der Waals surface area (Å²) in [6.07, 6.45) is 8.25. The number of thioether (sulfide) groups is 1. The summed E-state index contributed by atoms with van der Waals surface area (Å²) >= 11 is 2.79. The average Bonchev–Trinajstić information content (AvgIpc) is 3.35. The highest BCUT2D eigenvalue weighted by molar-refractivity contribution is 7.99. The number of carbonyl (C=O) groups excluding carboxylic acids is 2. The maximum atomic E-state index is 12.5. The van der Waals surface area contributed by atoms with Crippen molar-refractivity contribution < 1.29 is 14.3 Å². The third-order valence-electron chi connectivity index (χ3n) is 5.43. The van der Waals surface area contributed by atoms with E-state index in [9.17, 15) is 9.59 Å². The number of methoxy groups -OCH3 is 1. The lowest BCUT2D eigenvalue weighted by Gasteiger charge is -2.21. The Bertz CT molecular complexity index is 872. The summed E-state index contributed by atoms with van der Waals surface area (Å²) in [6.45, 7) is 4.88. The Balaban J connectivity index is 1.61. The molecule has 2 aromatic heterocycles. The molecule has 0 saturated heterocycles. The largest absolute Gasteiger partial charge is 0.465 e. The lowest BCUT2D eigenvalue weighted by molar-refractivity contribution is -0.113. The van der Waals surface area contributed by atoms with E-state index in [2.05, 4.69) is 27.0 Å². The molecular formula is C21H30N4O3S2. The zero-order chi connectivity index (χ0) is 21.5. The number of thiophene rings is 1. The van der Waals surface area contributed by atoms with E-state index in [0.717, 1.165) is 35.2 Å². The smallest absolute Gasteiger partial charge is 0.340 e. The van der Waals surface area contributed by atoms with Crippen molar-refractivity contribution in [2.45, 2.75) is 70.5 Å². The van der Waals surface area contributed by atoms with E-state index in [1.165, 1.54) is 62.3 Å². The lowest BCUT2D eigenvalue weighted by Crippen LogP contribution is -2.16. The molecule has 1 amide bonds. The highest BCUT2D eigenvalue weighted by atomic mass is 32.2. The van der Waals surface area contributed by atoms with Crippen LogP contribution in [0.3, 0.4) is 0 Å². The third-order valence-corrected chi connectivity index (χ3v) is 7.59. The van der Waals surface area contributed by atoms with Crippen molar-refractivity contribution in [2.24, 2.45) is 5.92 Å². The number of aryl methyl sites for hydroxylation is 1. The first-order valence-electron chi connectivity index (χ1n) is 10.6. The van der Waals surface area contributed by atoms with Crippen LogP contribution in [0.1, 0.15) is 67.0 Å². The molecule has 1 N–H and O–H groups in total. The van der Waals surface area contributed by atoms with Crippen LogP contribution in [0.2, 0.25) is 0 Å². The molecule has 1 aliphatic carbocycles. The van der Waals surface area contributed by atoms with Gasteiger partial charge in [-0.1, -0.05) is 50.8 Å². The highest BCUT2D eigenvalue weighted by Crippen LogP contribution is 2.30. The van der Waals surface area contributed by atoms with Gasteiger partial charge in [0.25, 0.3) is 0 Å². The Morgan fingerprint density at radius 3 is 2.70 bits per heavy atom. The number of nitrogens with one attached hydrogen (secondary N) is 1. The van der Waals surface area contributed by atoms with Crippen LogP contribution in [-0.2, 0) is 28.9 Å². The van der Waals surface area contributed by atoms with Crippen molar-refractivity contribution in [3.05, 3.63) is 22.3 Å². The van der Waals surface area contributed by atoms with Gasteiger partial charge in [0.05, 0.1) is 18.4 Å². The first kappa shape index (κ1) is 22.8. The molecular weight excluding hydrogens is 420 g/mol. The summed E-state index contributed by atoms with van der Waals surface area (Å²) in [6, 6.07) is 1.78. The van der Waals surface area contributed by atoms with Gasteiger partial charge in [0.15, 0.2) is 5.16 Å². The zero-order valence-corrected chi connectivity index (χ0v) is 19.5. The number of amides is 1. The molecule has 0 atom stereocenters. The van der Waals surface area contributed by atoms with Crippen molar-refractivity contribution in [1.82, 2.24) is 14.8 Å². The Hall–Kier alpha value is -1.87. The van der Waals surface area contributed by atoms with Crippen LogP contribution in [0.5, 0.6) is 0 Å². The van der Waals surface area contributed by atoms with E-state index in [1.807, 2.05) is 6.92 Å². The van der Waals surface area contributed by atoms with Gasteiger partial charge in [0, 0.05) is 17.8 Å². The van der Waals surface area contributed by atoms with Crippen LogP contribution in [0.25, 0.3) is 0 Å². The number of aromatic nitrogens is 3. The highest BCUT2D eigenvalue weighted by Gasteiger charge is 2.21. The topological polar surface area (TPSA) is 86.1 Å². The molecule has 1 fully saturated rings. The molecule has 0 spiro atoms. The van der Waals surface area contributed by atoms with Crippen LogP contribution in [-0.4, -0.2) is 39.5 Å². The first-order chi connectivity index (χ1) is 14.5. The van der Waals surface area contributed by atoms with Gasteiger partial charge in [-0.05, 0) is 25.3 Å². The second-order valence-electron chi connectivity index (χ2n) is 7.49. The number of rotatable bonds is 9. The predicted octanol–water partition coefficient (Wildman–Crippen LogP) is 4.56. The number of anilines is 1. The first-order valence-corrected chi connectivity index (χ1v) is 12.4. The summed E-state index contributed by atoms with van der Waals surface area (Å²) in [5.41, 5.74) is 0.407. The monoisotopic (exact) mass is 450 g/mol. The van der Waals surface area contributed by atoms with Gasteiger partial charge >= 0.3 is 5.97 Å². The minimum atomic E-state index is -0.438. The fraction of sp³-hybridized carbons (Fsp3) is 0.619. The fourth-order valence-electron chi connectivity index (χ4n) is 3.81. The SMILES string of the molecule is CCc1cc(C(=O)OC)c(NC(=O)CSc2nnc(CC3CCCCC3)n2CC)s1. The zero-order valence-electron chi connectivity index (χ0n) is 17.9. The molecule has 0 unspecified atom stereocenters. The molecule has 1 saturated carbocycles. The van der Waals surface area contributed by atoms with Gasteiger partial charge in [-0.25, -0.2) is 4.79 Å². The van der Waals surface area contributed by atoms with Crippen LogP contribution in [0, 0.1) is 5.92 Å². The van der Waals surface area contributed by atoms with E-state index in [1.54, 1.807) is 6.07 Å². The Morgan fingerprint density at radius 1 is 1.27 bits per heavy atom. The normalized spacial score (nSPS) is 14.6. The fourth-order valence-corrected chi connectivity index (χ4v) is 5.63. The number of hydrogen-bond acceptors (Lipinski definition) is 7. The van der Waals surface area contributed by atoms with E-state index in [0.29, 0.717) is 16.5 Å². The Kier molecular flexibility index (Phi) is 8.32. The predicted molar refractivity (Wildman–Crippen MR) is 120 cm³/mol. The van der Waals surface area contributed by atoms with Gasteiger partial charge in [0.1, 0.15) is 10.8 Å². The van der Waals surface area contributed by atoms with Gasteiger partial charge in [0.2, 0.25) is 5.91 Å². The van der Waals surface area contributed by atoms with E-state index in [4.69, 9.17) is 4.74 Å². The molecule has 30 heavy (non-hydrogen) atoms. The van der Waals surface area contributed by atoms with Gasteiger partial charge in [-0.3, -0.25) is 4.79 Å². The van der Waals surface area contributed by atoms with E-state index in [-0.39, 0.29) is 11.7 Å². The van der Waals surface area contributed by atoms with Crippen molar-refractivity contribution in [3.63, 3.8) is 0 Å². The molecule has 3 rings (SSSR count). The van der Waals surface area contributed by atoms with Crippen LogP contribution in [0.4, 0.5) is 5.00 Å². The summed E-state index contributed by atoms with van der Waals surface area (Å²) in [5.74, 6) is 1.31. The number of esters is 1. The van der Waals surface area contributed by atoms with E-state index >= 15 is 0 Å². The molecule has 0 aromatic carbocycles. The average molecular weight is 451 g/mol. The standard InChI is InChI=1S/C21H30N4O3S2/c1-4-15-12-16(20(27)28-3)19(30-15)22-18(26)13-29-21-24-23-17(25(21)5-2)11-14-9-7-6-8-10-14/h12,14H,4-11,13H2,1-3H3,(H,22,26). The van der Waals surface area contributed by atoms with Crippen LogP contribution < -0.4 is 5.32 Å². The molecule has 2 aromatic rings. The molecule has 1 aliphatic rings. The summed E-state index contributed by atoms with van der Waals surface area (Å²) in [5, 5.41) is 12.9. The second-order valence-corrected chi connectivity index (χ2v) is 9.57. The van der Waals surface area contributed by atoms with Crippen LogP contribution >= 0.6 is 23.1 Å². The summed E-state index contributed by atoms with van der Waals surface area (Å²) in [7, 11) is 1.34. The van der Waals surface area contributed by atoms with Crippen LogP contribution in [0.15, 0.2) is 11.2 Å².